The first-order valence-electron chi connectivity index (χ1n) is 7.29. The molecule has 1 aliphatic heterocycles. The standard InChI is InChI=1S/C17H25NO/c1-6-18-8-7-17(4,5)15-10-13(12(2)3)9-14(11-19)16(15)18/h9-12H,6-8H2,1-5H3. The molecule has 0 bridgehead atoms. The van der Waals surface area contributed by atoms with E-state index in [4.69, 9.17) is 0 Å². The van der Waals surface area contributed by atoms with Crippen molar-refractivity contribution in [3.63, 3.8) is 0 Å². The number of hydrogen-bond acceptors (Lipinski definition) is 2. The molecular formula is C17H25NO. The lowest BCUT2D eigenvalue weighted by atomic mass is 9.75. The molecule has 0 fully saturated rings. The Labute approximate surface area is 116 Å². The first kappa shape index (κ1) is 14.1. The Bertz CT molecular complexity index is 488. The molecule has 0 aromatic heterocycles. The van der Waals surface area contributed by atoms with E-state index in [0.717, 1.165) is 37.0 Å². The molecule has 104 valence electrons. The fourth-order valence-electron chi connectivity index (χ4n) is 2.95. The van der Waals surface area contributed by atoms with E-state index in [9.17, 15) is 4.79 Å². The number of carbonyl (C=O) groups excluding carboxylic acids is 1. The minimum absolute atomic E-state index is 0.156. The zero-order valence-corrected chi connectivity index (χ0v) is 12.8. The molecule has 1 heterocycles. The van der Waals surface area contributed by atoms with Crippen LogP contribution in [0.15, 0.2) is 12.1 Å². The summed E-state index contributed by atoms with van der Waals surface area (Å²) < 4.78 is 0. The first-order valence-corrected chi connectivity index (χ1v) is 7.29. The van der Waals surface area contributed by atoms with Gasteiger partial charge in [-0.3, -0.25) is 4.79 Å². The average molecular weight is 259 g/mol. The third-order valence-corrected chi connectivity index (χ3v) is 4.39. The van der Waals surface area contributed by atoms with Crippen molar-refractivity contribution in [2.45, 2.75) is 52.4 Å². The zero-order chi connectivity index (χ0) is 14.2. The number of anilines is 1. The van der Waals surface area contributed by atoms with Crippen molar-refractivity contribution < 1.29 is 4.79 Å². The van der Waals surface area contributed by atoms with Gasteiger partial charge in [0.15, 0.2) is 6.29 Å². The summed E-state index contributed by atoms with van der Waals surface area (Å²) in [6, 6.07) is 4.38. The van der Waals surface area contributed by atoms with Gasteiger partial charge in [0.05, 0.1) is 5.69 Å². The molecule has 0 unspecified atom stereocenters. The third-order valence-electron chi connectivity index (χ3n) is 4.39. The van der Waals surface area contributed by atoms with Gasteiger partial charge in [0.25, 0.3) is 0 Å². The van der Waals surface area contributed by atoms with Crippen LogP contribution in [0, 0.1) is 0 Å². The van der Waals surface area contributed by atoms with Crippen LogP contribution in [0.2, 0.25) is 0 Å². The summed E-state index contributed by atoms with van der Waals surface area (Å²) in [4.78, 5) is 13.8. The van der Waals surface area contributed by atoms with Crippen molar-refractivity contribution in [3.05, 3.63) is 28.8 Å². The highest BCUT2D eigenvalue weighted by atomic mass is 16.1. The van der Waals surface area contributed by atoms with Gasteiger partial charge in [0.2, 0.25) is 0 Å². The van der Waals surface area contributed by atoms with Gasteiger partial charge in [-0.1, -0.05) is 33.8 Å². The second-order valence-corrected chi connectivity index (χ2v) is 6.49. The van der Waals surface area contributed by atoms with E-state index < -0.39 is 0 Å². The van der Waals surface area contributed by atoms with E-state index in [-0.39, 0.29) is 5.41 Å². The van der Waals surface area contributed by atoms with Crippen LogP contribution in [0.5, 0.6) is 0 Å². The number of fused-ring (bicyclic) bond motifs is 1. The van der Waals surface area contributed by atoms with Gasteiger partial charge in [-0.05, 0) is 41.9 Å². The minimum atomic E-state index is 0.156. The highest BCUT2D eigenvalue weighted by molar-refractivity contribution is 5.87. The highest BCUT2D eigenvalue weighted by Crippen LogP contribution is 2.42. The Kier molecular flexibility index (Phi) is 3.71. The molecule has 0 N–H and O–H groups in total. The van der Waals surface area contributed by atoms with Crippen molar-refractivity contribution in [1.82, 2.24) is 0 Å². The Hall–Kier alpha value is -1.31. The average Bonchev–Trinajstić information content (AvgIpc) is 2.38. The highest BCUT2D eigenvalue weighted by Gasteiger charge is 2.32. The summed E-state index contributed by atoms with van der Waals surface area (Å²) in [5, 5.41) is 0. The second-order valence-electron chi connectivity index (χ2n) is 6.49. The quantitative estimate of drug-likeness (QED) is 0.761. The van der Waals surface area contributed by atoms with Crippen LogP contribution < -0.4 is 4.90 Å². The van der Waals surface area contributed by atoms with Gasteiger partial charge in [-0.25, -0.2) is 0 Å². The molecule has 2 heteroatoms. The monoisotopic (exact) mass is 259 g/mol. The zero-order valence-electron chi connectivity index (χ0n) is 12.8. The molecule has 1 aliphatic rings. The molecule has 0 spiro atoms. The predicted molar refractivity (Wildman–Crippen MR) is 81.4 cm³/mol. The van der Waals surface area contributed by atoms with Crippen molar-refractivity contribution in [3.8, 4) is 0 Å². The van der Waals surface area contributed by atoms with Gasteiger partial charge < -0.3 is 4.90 Å². The maximum absolute atomic E-state index is 11.5. The summed E-state index contributed by atoms with van der Waals surface area (Å²) in [7, 11) is 0. The Morgan fingerprint density at radius 3 is 2.58 bits per heavy atom. The molecule has 0 saturated heterocycles. The normalized spacial score (nSPS) is 17.5. The molecule has 0 aliphatic carbocycles. The van der Waals surface area contributed by atoms with Crippen molar-refractivity contribution in [2.24, 2.45) is 0 Å². The topological polar surface area (TPSA) is 20.3 Å². The summed E-state index contributed by atoms with van der Waals surface area (Å²) in [5.74, 6) is 0.455. The van der Waals surface area contributed by atoms with Crippen molar-refractivity contribution >= 4 is 12.0 Å². The lowest BCUT2D eigenvalue weighted by molar-refractivity contribution is 0.112. The molecule has 1 aromatic carbocycles. The molecule has 19 heavy (non-hydrogen) atoms. The van der Waals surface area contributed by atoms with Crippen LogP contribution in [-0.4, -0.2) is 19.4 Å². The number of carbonyl (C=O) groups is 1. The maximum atomic E-state index is 11.5. The lowest BCUT2D eigenvalue weighted by Gasteiger charge is -2.41. The molecule has 0 radical (unpaired) electrons. The minimum Gasteiger partial charge on any atom is -0.371 e. The molecule has 2 rings (SSSR count). The molecule has 2 nitrogen and oxygen atoms in total. The van der Waals surface area contributed by atoms with E-state index >= 15 is 0 Å². The molecule has 0 saturated carbocycles. The van der Waals surface area contributed by atoms with E-state index in [2.05, 4.69) is 51.7 Å². The fraction of sp³-hybridized carbons (Fsp3) is 0.588. The Morgan fingerprint density at radius 2 is 2.05 bits per heavy atom. The fourth-order valence-corrected chi connectivity index (χ4v) is 2.95. The summed E-state index contributed by atoms with van der Waals surface area (Å²) >= 11 is 0. The van der Waals surface area contributed by atoms with E-state index in [1.165, 1.54) is 11.1 Å². The lowest BCUT2D eigenvalue weighted by Crippen LogP contribution is -2.38. The number of nitrogens with zero attached hydrogens (tertiary/aromatic N) is 1. The smallest absolute Gasteiger partial charge is 0.152 e. The number of benzene rings is 1. The Morgan fingerprint density at radius 1 is 1.37 bits per heavy atom. The van der Waals surface area contributed by atoms with Crippen LogP contribution in [-0.2, 0) is 5.41 Å². The van der Waals surface area contributed by atoms with Crippen LogP contribution in [0.4, 0.5) is 5.69 Å². The third kappa shape index (κ3) is 2.41. The van der Waals surface area contributed by atoms with Gasteiger partial charge >= 0.3 is 0 Å². The van der Waals surface area contributed by atoms with Crippen LogP contribution in [0.1, 0.15) is 68.4 Å². The van der Waals surface area contributed by atoms with Gasteiger partial charge in [-0.2, -0.15) is 0 Å². The Balaban J connectivity index is 2.70. The van der Waals surface area contributed by atoms with Crippen LogP contribution in [0.25, 0.3) is 0 Å². The summed E-state index contributed by atoms with van der Waals surface area (Å²) in [5.41, 5.74) is 4.79. The number of hydrogen-bond donors (Lipinski definition) is 0. The molecule has 0 atom stereocenters. The van der Waals surface area contributed by atoms with Crippen molar-refractivity contribution in [1.29, 1.82) is 0 Å². The molecular weight excluding hydrogens is 234 g/mol. The SMILES string of the molecule is CCN1CCC(C)(C)c2cc(C(C)C)cc(C=O)c21. The van der Waals surface area contributed by atoms with Gasteiger partial charge in [-0.15, -0.1) is 0 Å². The van der Waals surface area contributed by atoms with E-state index in [0.29, 0.717) is 5.92 Å². The summed E-state index contributed by atoms with van der Waals surface area (Å²) in [6.07, 6.45) is 2.17. The van der Waals surface area contributed by atoms with Crippen molar-refractivity contribution in [2.75, 3.05) is 18.0 Å². The molecule has 0 amide bonds. The first-order chi connectivity index (χ1) is 8.90. The number of rotatable bonds is 3. The largest absolute Gasteiger partial charge is 0.371 e. The van der Waals surface area contributed by atoms with Crippen LogP contribution >= 0.6 is 0 Å². The van der Waals surface area contributed by atoms with Crippen LogP contribution in [0.3, 0.4) is 0 Å². The van der Waals surface area contributed by atoms with E-state index in [1.807, 2.05) is 0 Å². The predicted octanol–water partition coefficient (Wildman–Crippen LogP) is 4.13. The summed E-state index contributed by atoms with van der Waals surface area (Å²) in [6.45, 7) is 13.1. The van der Waals surface area contributed by atoms with E-state index in [1.54, 1.807) is 0 Å². The van der Waals surface area contributed by atoms with Gasteiger partial charge in [0, 0.05) is 18.7 Å². The second kappa shape index (κ2) is 4.99. The van der Waals surface area contributed by atoms with Gasteiger partial charge in [0.1, 0.15) is 0 Å². The number of aldehydes is 1. The molecule has 1 aromatic rings. The maximum Gasteiger partial charge on any atom is 0.152 e.